The summed E-state index contributed by atoms with van der Waals surface area (Å²) in [6.07, 6.45) is -3.48. The summed E-state index contributed by atoms with van der Waals surface area (Å²) in [7, 11) is 0. The number of anilines is 2. The third kappa shape index (κ3) is 8.98. The molecule has 6 nitrogen and oxygen atoms in total. The molecule has 0 aliphatic carbocycles. The lowest BCUT2D eigenvalue weighted by Gasteiger charge is -2.21. The van der Waals surface area contributed by atoms with Crippen molar-refractivity contribution in [2.24, 2.45) is 5.92 Å². The number of nitrogens with one attached hydrogen (secondary N) is 2. The van der Waals surface area contributed by atoms with Gasteiger partial charge in [-0.25, -0.2) is 0 Å². The average Bonchev–Trinajstić information content (AvgIpc) is 2.88. The summed E-state index contributed by atoms with van der Waals surface area (Å²) in [6.45, 7) is 4.00. The third-order valence-corrected chi connectivity index (χ3v) is 6.06. The van der Waals surface area contributed by atoms with E-state index in [9.17, 15) is 27.6 Å². The monoisotopic (exact) mass is 540 g/mol. The van der Waals surface area contributed by atoms with Crippen molar-refractivity contribution in [3.8, 4) is 11.1 Å². The van der Waals surface area contributed by atoms with Crippen LogP contribution in [0.4, 0.5) is 24.5 Å². The van der Waals surface area contributed by atoms with E-state index in [-0.39, 0.29) is 36.9 Å². The van der Waals surface area contributed by atoms with Crippen LogP contribution in [0.3, 0.4) is 0 Å². The number of Topliss-reactive ketones (excluding diaryl/α,β-unsaturated/α-hetero) is 1. The molecule has 0 heterocycles. The van der Waals surface area contributed by atoms with Crippen molar-refractivity contribution in [1.29, 1.82) is 0 Å². The smallest absolute Gasteiger partial charge is 0.416 e. The number of carbonyl (C=O) groups is 3. The number of carboxylic acid groups (broad SMARTS) is 1. The molecule has 0 fully saturated rings. The Morgan fingerprint density at radius 2 is 1.33 bits per heavy atom. The number of carboxylic acids is 1. The highest BCUT2D eigenvalue weighted by molar-refractivity contribution is 5.98. The van der Waals surface area contributed by atoms with Crippen molar-refractivity contribution >= 4 is 29.0 Å². The van der Waals surface area contributed by atoms with Gasteiger partial charge in [-0.15, -0.1) is 0 Å². The molecule has 0 spiro atoms. The first kappa shape index (κ1) is 29.4. The zero-order valence-electron chi connectivity index (χ0n) is 21.7. The number of carbonyl (C=O) groups excluding carboxylic acids is 2. The Morgan fingerprint density at radius 3 is 1.85 bits per heavy atom. The molecule has 3 N–H and O–H groups in total. The number of hydrogen-bond donors (Lipinski definition) is 3. The summed E-state index contributed by atoms with van der Waals surface area (Å²) in [5, 5.41) is 14.8. The fourth-order valence-corrected chi connectivity index (χ4v) is 4.03. The van der Waals surface area contributed by atoms with Gasteiger partial charge >= 0.3 is 12.1 Å². The van der Waals surface area contributed by atoms with E-state index in [0.29, 0.717) is 28.9 Å². The summed E-state index contributed by atoms with van der Waals surface area (Å²) in [5.41, 5.74) is 2.32. The average molecular weight is 541 g/mol. The maximum absolute atomic E-state index is 13.1. The van der Waals surface area contributed by atoms with E-state index in [2.05, 4.69) is 10.6 Å². The van der Waals surface area contributed by atoms with Crippen LogP contribution < -0.4 is 10.6 Å². The number of alkyl halides is 3. The minimum absolute atomic E-state index is 0.0604. The highest BCUT2D eigenvalue weighted by Gasteiger charge is 2.30. The first-order valence-corrected chi connectivity index (χ1v) is 12.6. The van der Waals surface area contributed by atoms with E-state index in [4.69, 9.17) is 5.11 Å². The van der Waals surface area contributed by atoms with E-state index in [1.807, 2.05) is 13.8 Å². The molecule has 0 saturated heterocycles. The van der Waals surface area contributed by atoms with Crippen LogP contribution in [0.25, 0.3) is 11.1 Å². The van der Waals surface area contributed by atoms with Crippen LogP contribution in [0.2, 0.25) is 0 Å². The Balaban J connectivity index is 1.63. The van der Waals surface area contributed by atoms with E-state index in [1.165, 1.54) is 12.1 Å². The maximum atomic E-state index is 13.1. The van der Waals surface area contributed by atoms with Gasteiger partial charge in [0.05, 0.1) is 5.56 Å². The summed E-state index contributed by atoms with van der Waals surface area (Å²) in [5.74, 6) is -1.11. The number of aliphatic carboxylic acids is 1. The zero-order chi connectivity index (χ0) is 28.6. The van der Waals surface area contributed by atoms with Crippen LogP contribution in [-0.4, -0.2) is 28.8 Å². The highest BCUT2D eigenvalue weighted by atomic mass is 19.4. The lowest BCUT2D eigenvalue weighted by atomic mass is 10.0. The molecule has 9 heteroatoms. The van der Waals surface area contributed by atoms with Gasteiger partial charge in [0.1, 0.15) is 6.04 Å². The second-order valence-electron chi connectivity index (χ2n) is 9.72. The van der Waals surface area contributed by atoms with Gasteiger partial charge in [0.2, 0.25) is 5.91 Å². The van der Waals surface area contributed by atoms with Gasteiger partial charge in [0, 0.05) is 29.8 Å². The molecule has 1 atom stereocenters. The Labute approximate surface area is 225 Å². The molecule has 3 aromatic carbocycles. The molecule has 3 rings (SSSR count). The minimum Gasteiger partial charge on any atom is -0.481 e. The quantitative estimate of drug-likeness (QED) is 0.210. The number of amides is 1. The van der Waals surface area contributed by atoms with Crippen LogP contribution in [0.15, 0.2) is 72.8 Å². The largest absolute Gasteiger partial charge is 0.481 e. The van der Waals surface area contributed by atoms with Gasteiger partial charge in [0.25, 0.3) is 0 Å². The molecule has 3 aromatic rings. The van der Waals surface area contributed by atoms with Crippen LogP contribution in [-0.2, 0) is 15.8 Å². The number of halogens is 3. The molecule has 0 aliphatic rings. The first-order valence-electron chi connectivity index (χ1n) is 12.6. The zero-order valence-corrected chi connectivity index (χ0v) is 21.7. The Hall–Kier alpha value is -4.14. The van der Waals surface area contributed by atoms with Gasteiger partial charge in [-0.2, -0.15) is 13.2 Å². The van der Waals surface area contributed by atoms with Gasteiger partial charge in [-0.1, -0.05) is 38.1 Å². The molecular formula is C30H31F3N2O4. The van der Waals surface area contributed by atoms with Gasteiger partial charge in [0.15, 0.2) is 5.78 Å². The van der Waals surface area contributed by atoms with Gasteiger partial charge in [-0.3, -0.25) is 14.4 Å². The second-order valence-corrected chi connectivity index (χ2v) is 9.72. The van der Waals surface area contributed by atoms with Crippen molar-refractivity contribution < 1.29 is 32.7 Å². The van der Waals surface area contributed by atoms with Crippen molar-refractivity contribution in [2.45, 2.75) is 51.7 Å². The Kier molecular flexibility index (Phi) is 9.87. The van der Waals surface area contributed by atoms with Crippen LogP contribution in [0, 0.1) is 5.92 Å². The molecule has 206 valence electrons. The van der Waals surface area contributed by atoms with E-state index < -0.39 is 23.8 Å². The maximum Gasteiger partial charge on any atom is 0.416 e. The molecule has 0 aromatic heterocycles. The fourth-order valence-electron chi connectivity index (χ4n) is 4.03. The normalized spacial score (nSPS) is 12.2. The molecule has 39 heavy (non-hydrogen) atoms. The molecule has 0 unspecified atom stereocenters. The molecule has 0 bridgehead atoms. The number of rotatable bonds is 12. The highest BCUT2D eigenvalue weighted by Crippen LogP contribution is 2.31. The Bertz CT molecular complexity index is 1270. The lowest BCUT2D eigenvalue weighted by Crippen LogP contribution is -2.35. The minimum atomic E-state index is -4.39. The van der Waals surface area contributed by atoms with Crippen molar-refractivity contribution in [2.75, 3.05) is 10.6 Å². The number of benzene rings is 3. The molecule has 0 saturated carbocycles. The second kappa shape index (κ2) is 13.1. The summed E-state index contributed by atoms with van der Waals surface area (Å²) in [4.78, 5) is 36.0. The predicted molar refractivity (Wildman–Crippen MR) is 145 cm³/mol. The first-order chi connectivity index (χ1) is 18.4. The summed E-state index contributed by atoms with van der Waals surface area (Å²) < 4.78 is 38.4. The molecule has 0 aliphatic heterocycles. The fraction of sp³-hybridized carbons (Fsp3) is 0.300. The van der Waals surface area contributed by atoms with Crippen molar-refractivity contribution in [3.63, 3.8) is 0 Å². The van der Waals surface area contributed by atoms with Crippen LogP contribution >= 0.6 is 0 Å². The Morgan fingerprint density at radius 1 is 0.795 bits per heavy atom. The van der Waals surface area contributed by atoms with E-state index in [0.717, 1.165) is 17.7 Å². The molecule has 1 amide bonds. The van der Waals surface area contributed by atoms with Crippen molar-refractivity contribution in [1.82, 2.24) is 0 Å². The topological polar surface area (TPSA) is 95.5 Å². The predicted octanol–water partition coefficient (Wildman–Crippen LogP) is 7.28. The van der Waals surface area contributed by atoms with Gasteiger partial charge in [-0.05, 0) is 78.4 Å². The van der Waals surface area contributed by atoms with Crippen LogP contribution in [0.1, 0.15) is 55.5 Å². The van der Waals surface area contributed by atoms with E-state index in [1.54, 1.807) is 48.5 Å². The molecular weight excluding hydrogens is 509 g/mol. The van der Waals surface area contributed by atoms with Crippen molar-refractivity contribution in [3.05, 3.63) is 83.9 Å². The third-order valence-electron chi connectivity index (χ3n) is 6.06. The van der Waals surface area contributed by atoms with Crippen LogP contribution in [0.5, 0.6) is 0 Å². The number of hydrogen-bond acceptors (Lipinski definition) is 4. The summed E-state index contributed by atoms with van der Waals surface area (Å²) >= 11 is 0. The lowest BCUT2D eigenvalue weighted by molar-refractivity contribution is -0.138. The van der Waals surface area contributed by atoms with E-state index >= 15 is 0 Å². The number of ketones is 1. The SMILES string of the molecule is CC(C)C[C@H](Nc1ccc(C(=O)CCCC(=O)O)cc1)C(=O)Nc1ccc(-c2ccc(C(F)(F)F)cc2)cc1. The standard InChI is InChI=1S/C30H31F3N2O4/c1-19(2)18-26(34-24-16-10-22(11-17-24)27(36)4-3-5-28(37)38)29(39)35-25-14-8-21(9-15-25)20-6-12-23(13-7-20)30(31,32)33/h6-17,19,26,34H,3-5,18H2,1-2H3,(H,35,39)(H,37,38)/t26-/m0/s1. The van der Waals surface area contributed by atoms with Gasteiger partial charge < -0.3 is 15.7 Å². The molecule has 0 radical (unpaired) electrons. The summed E-state index contributed by atoms with van der Waals surface area (Å²) in [6, 6.07) is 17.9.